The molecule has 10 heteroatoms. The SMILES string of the molecule is CCC(C)OC(=O)N1CCC(Oc2ncnc(N3CCn4nccc43)c2C)C(F)C1. The molecule has 0 aliphatic carbocycles. The molecule has 0 spiro atoms. The van der Waals surface area contributed by atoms with E-state index in [-0.39, 0.29) is 12.6 Å². The van der Waals surface area contributed by atoms with E-state index < -0.39 is 18.4 Å². The summed E-state index contributed by atoms with van der Waals surface area (Å²) >= 11 is 0. The standard InChI is InChI=1S/C20H27FN6O3/c1-4-13(2)29-20(28)25-8-6-16(15(21)11-25)30-19-14(3)18(22-12-23-19)26-9-10-27-17(26)5-7-24-27/h5,7,12-13,15-16H,4,6,8-11H2,1-3H3. The van der Waals surface area contributed by atoms with E-state index in [4.69, 9.17) is 9.47 Å². The fourth-order valence-electron chi connectivity index (χ4n) is 3.72. The van der Waals surface area contributed by atoms with Gasteiger partial charge < -0.3 is 19.3 Å². The van der Waals surface area contributed by atoms with Gasteiger partial charge in [-0.15, -0.1) is 0 Å². The van der Waals surface area contributed by atoms with Crippen molar-refractivity contribution in [2.75, 3.05) is 24.5 Å². The molecule has 9 nitrogen and oxygen atoms in total. The second-order valence-corrected chi connectivity index (χ2v) is 7.70. The monoisotopic (exact) mass is 418 g/mol. The van der Waals surface area contributed by atoms with Crippen molar-refractivity contribution in [2.24, 2.45) is 0 Å². The minimum atomic E-state index is -1.32. The minimum absolute atomic E-state index is 0.0533. The maximum atomic E-state index is 14.8. The Morgan fingerprint density at radius 2 is 2.17 bits per heavy atom. The second-order valence-electron chi connectivity index (χ2n) is 7.70. The largest absolute Gasteiger partial charge is 0.471 e. The van der Waals surface area contributed by atoms with Crippen LogP contribution in [0, 0.1) is 6.92 Å². The topological polar surface area (TPSA) is 85.6 Å². The third-order valence-corrected chi connectivity index (χ3v) is 5.65. The summed E-state index contributed by atoms with van der Waals surface area (Å²) in [5, 5.41) is 4.28. The Balaban J connectivity index is 1.43. The maximum absolute atomic E-state index is 14.8. The maximum Gasteiger partial charge on any atom is 0.410 e. The number of aromatic nitrogens is 4. The Labute approximate surface area is 174 Å². The molecule has 3 unspecified atom stereocenters. The number of carbonyl (C=O) groups is 1. The average molecular weight is 418 g/mol. The van der Waals surface area contributed by atoms with Crippen LogP contribution in [0.5, 0.6) is 5.88 Å². The number of alkyl halides is 1. The summed E-state index contributed by atoms with van der Waals surface area (Å²) in [7, 11) is 0. The summed E-state index contributed by atoms with van der Waals surface area (Å²) in [6.07, 6.45) is 1.61. The van der Waals surface area contributed by atoms with E-state index in [1.54, 1.807) is 6.20 Å². The van der Waals surface area contributed by atoms with Crippen molar-refractivity contribution >= 4 is 17.7 Å². The number of nitrogens with zero attached hydrogens (tertiary/aromatic N) is 6. The molecule has 30 heavy (non-hydrogen) atoms. The van der Waals surface area contributed by atoms with Crippen LogP contribution in [0.15, 0.2) is 18.6 Å². The Kier molecular flexibility index (Phi) is 5.74. The van der Waals surface area contributed by atoms with Crippen LogP contribution < -0.4 is 9.64 Å². The van der Waals surface area contributed by atoms with Gasteiger partial charge >= 0.3 is 6.09 Å². The van der Waals surface area contributed by atoms with Crippen molar-refractivity contribution in [3.63, 3.8) is 0 Å². The van der Waals surface area contributed by atoms with E-state index in [9.17, 15) is 9.18 Å². The van der Waals surface area contributed by atoms with Gasteiger partial charge in [0, 0.05) is 25.6 Å². The fourth-order valence-corrected chi connectivity index (χ4v) is 3.72. The number of ether oxygens (including phenoxy) is 2. The number of amides is 1. The number of halogens is 1. The minimum Gasteiger partial charge on any atom is -0.471 e. The highest BCUT2D eigenvalue weighted by atomic mass is 19.1. The first-order chi connectivity index (χ1) is 14.5. The fraction of sp³-hybridized carbons (Fsp3) is 0.600. The van der Waals surface area contributed by atoms with Crippen molar-refractivity contribution in [3.8, 4) is 5.88 Å². The van der Waals surface area contributed by atoms with Gasteiger partial charge in [-0.1, -0.05) is 6.92 Å². The Morgan fingerprint density at radius 3 is 2.93 bits per heavy atom. The molecule has 1 fully saturated rings. The van der Waals surface area contributed by atoms with Gasteiger partial charge in [-0.2, -0.15) is 5.10 Å². The molecule has 2 aromatic heterocycles. The van der Waals surface area contributed by atoms with Gasteiger partial charge in [0.15, 0.2) is 6.17 Å². The number of fused-ring (bicyclic) bond motifs is 1. The van der Waals surface area contributed by atoms with E-state index >= 15 is 0 Å². The smallest absolute Gasteiger partial charge is 0.410 e. The molecule has 1 amide bonds. The lowest BCUT2D eigenvalue weighted by atomic mass is 10.1. The van der Waals surface area contributed by atoms with E-state index in [1.165, 1.54) is 11.2 Å². The van der Waals surface area contributed by atoms with Gasteiger partial charge in [0.2, 0.25) is 5.88 Å². The lowest BCUT2D eigenvalue weighted by molar-refractivity contribution is 0.00551. The summed E-state index contributed by atoms with van der Waals surface area (Å²) in [5.74, 6) is 2.05. The van der Waals surface area contributed by atoms with Crippen molar-refractivity contribution in [1.29, 1.82) is 0 Å². The summed E-state index contributed by atoms with van der Waals surface area (Å²) in [5.41, 5.74) is 0.748. The molecule has 0 saturated carbocycles. The number of rotatable bonds is 5. The molecule has 4 rings (SSSR count). The molecule has 1 saturated heterocycles. The first-order valence-corrected chi connectivity index (χ1v) is 10.3. The van der Waals surface area contributed by atoms with Crippen LogP contribution in [0.2, 0.25) is 0 Å². The molecule has 4 heterocycles. The number of likely N-dealkylation sites (tertiary alicyclic amines) is 1. The van der Waals surface area contributed by atoms with Crippen LogP contribution >= 0.6 is 0 Å². The normalized spacial score (nSPS) is 22.0. The Hall–Kier alpha value is -2.91. The van der Waals surface area contributed by atoms with Gasteiger partial charge in [0.25, 0.3) is 0 Å². The molecular formula is C20H27FN6O3. The van der Waals surface area contributed by atoms with E-state index in [1.807, 2.05) is 31.5 Å². The number of carbonyl (C=O) groups excluding carboxylic acids is 1. The highest BCUT2D eigenvalue weighted by molar-refractivity contribution is 5.68. The third kappa shape index (κ3) is 3.90. The van der Waals surface area contributed by atoms with Crippen LogP contribution in [0.3, 0.4) is 0 Å². The molecule has 2 aliphatic heterocycles. The molecule has 2 aliphatic rings. The number of hydrogen-bond donors (Lipinski definition) is 0. The quantitative estimate of drug-likeness (QED) is 0.738. The summed E-state index contributed by atoms with van der Waals surface area (Å²) in [4.78, 5) is 24.3. The molecule has 3 atom stereocenters. The van der Waals surface area contributed by atoms with Gasteiger partial charge in [0.1, 0.15) is 30.2 Å². The van der Waals surface area contributed by atoms with Crippen molar-refractivity contribution < 1.29 is 18.7 Å². The van der Waals surface area contributed by atoms with Crippen molar-refractivity contribution in [3.05, 3.63) is 24.2 Å². The Bertz CT molecular complexity index is 906. The van der Waals surface area contributed by atoms with E-state index in [0.717, 1.165) is 36.7 Å². The predicted molar refractivity (Wildman–Crippen MR) is 108 cm³/mol. The number of anilines is 2. The summed E-state index contributed by atoms with van der Waals surface area (Å²) in [6, 6.07) is 1.93. The molecule has 0 radical (unpaired) electrons. The van der Waals surface area contributed by atoms with Crippen molar-refractivity contribution in [2.45, 2.75) is 58.5 Å². The van der Waals surface area contributed by atoms with E-state index in [2.05, 4.69) is 20.0 Å². The average Bonchev–Trinajstić information content (AvgIpc) is 3.35. The van der Waals surface area contributed by atoms with Crippen LogP contribution in [-0.2, 0) is 11.3 Å². The lowest BCUT2D eigenvalue weighted by Gasteiger charge is -2.34. The second kappa shape index (κ2) is 8.45. The van der Waals surface area contributed by atoms with Gasteiger partial charge in [-0.25, -0.2) is 23.8 Å². The Morgan fingerprint density at radius 1 is 1.33 bits per heavy atom. The molecule has 162 valence electrons. The number of piperidine rings is 1. The molecule has 0 N–H and O–H groups in total. The zero-order valence-corrected chi connectivity index (χ0v) is 17.5. The van der Waals surface area contributed by atoms with Crippen LogP contribution in [0.4, 0.5) is 20.8 Å². The molecule has 0 bridgehead atoms. The first kappa shape index (κ1) is 20.4. The zero-order valence-electron chi connectivity index (χ0n) is 17.5. The lowest BCUT2D eigenvalue weighted by Crippen LogP contribution is -2.49. The van der Waals surface area contributed by atoms with Crippen molar-refractivity contribution in [1.82, 2.24) is 24.6 Å². The first-order valence-electron chi connectivity index (χ1n) is 10.3. The predicted octanol–water partition coefficient (Wildman–Crippen LogP) is 2.86. The van der Waals surface area contributed by atoms with Crippen LogP contribution in [-0.4, -0.2) is 68.8 Å². The zero-order chi connectivity index (χ0) is 21.3. The van der Waals surface area contributed by atoms with E-state index in [0.29, 0.717) is 18.8 Å². The van der Waals surface area contributed by atoms with Gasteiger partial charge in [-0.05, 0) is 20.3 Å². The highest BCUT2D eigenvalue weighted by Gasteiger charge is 2.35. The van der Waals surface area contributed by atoms with Gasteiger partial charge in [-0.3, -0.25) is 0 Å². The summed E-state index contributed by atoms with van der Waals surface area (Å²) in [6.45, 7) is 7.48. The molecule has 2 aromatic rings. The van der Waals surface area contributed by atoms with Gasteiger partial charge in [0.05, 0.1) is 24.8 Å². The third-order valence-electron chi connectivity index (χ3n) is 5.65. The summed E-state index contributed by atoms with van der Waals surface area (Å²) < 4.78 is 28.0. The molecule has 0 aromatic carbocycles. The number of hydrogen-bond acceptors (Lipinski definition) is 7. The van der Waals surface area contributed by atoms with Crippen LogP contribution in [0.1, 0.15) is 32.3 Å². The molecular weight excluding hydrogens is 391 g/mol. The highest BCUT2D eigenvalue weighted by Crippen LogP contribution is 2.33. The van der Waals surface area contributed by atoms with Crippen LogP contribution in [0.25, 0.3) is 0 Å².